The Morgan fingerprint density at radius 1 is 0.917 bits per heavy atom. The van der Waals surface area contributed by atoms with Crippen molar-refractivity contribution in [1.29, 1.82) is 0 Å². The largest absolute Gasteiger partial charge is 0.524 e. The Labute approximate surface area is 204 Å². The average Bonchev–Trinajstić information content (AvgIpc) is 2.73. The van der Waals surface area contributed by atoms with Crippen molar-refractivity contribution in [3.05, 3.63) is 58.1 Å². The smallest absolute Gasteiger partial charge is 0.403 e. The van der Waals surface area contributed by atoms with Crippen molar-refractivity contribution in [3.63, 3.8) is 0 Å². The maximum absolute atomic E-state index is 12.9. The van der Waals surface area contributed by atoms with E-state index in [2.05, 4.69) is 9.84 Å². The standard InChI is InChI=1S/C15H9ClF6NO5P.C4H11NO2/c16-9-1-2-12(28-29(25,26)27)11(6-9)13(24)23-10-4-7(14(17,18)19)3-8(5-10)15(20,21)22;6-3-1-5-2-4-7/h1-6H,(H,23,24)(H2,25,26,27);5-7H,1-4H2. The molecule has 0 unspecified atom stereocenters. The van der Waals surface area contributed by atoms with Gasteiger partial charge in [-0.25, -0.2) is 4.57 Å². The lowest BCUT2D eigenvalue weighted by Crippen LogP contribution is -2.21. The molecule has 202 valence electrons. The normalized spacial score (nSPS) is 12.0. The number of aliphatic hydroxyl groups is 2. The molecule has 0 aliphatic rings. The third kappa shape index (κ3) is 11.1. The number of benzene rings is 2. The van der Waals surface area contributed by atoms with Crippen LogP contribution >= 0.6 is 19.4 Å². The van der Waals surface area contributed by atoms with Gasteiger partial charge in [0.2, 0.25) is 0 Å². The van der Waals surface area contributed by atoms with E-state index >= 15 is 0 Å². The Morgan fingerprint density at radius 3 is 1.83 bits per heavy atom. The van der Waals surface area contributed by atoms with E-state index in [9.17, 15) is 35.7 Å². The molecular formula is C19H20ClF6N2O7P. The van der Waals surface area contributed by atoms with Gasteiger partial charge in [0.15, 0.2) is 0 Å². The maximum Gasteiger partial charge on any atom is 0.524 e. The third-order valence-electron chi connectivity index (χ3n) is 3.83. The van der Waals surface area contributed by atoms with E-state index in [0.29, 0.717) is 13.1 Å². The van der Waals surface area contributed by atoms with Gasteiger partial charge in [0.05, 0.1) is 29.9 Å². The molecular weight excluding hydrogens is 549 g/mol. The number of amides is 1. The first-order valence-electron chi connectivity index (χ1n) is 9.56. The van der Waals surface area contributed by atoms with Crippen molar-refractivity contribution >= 4 is 31.0 Å². The number of anilines is 1. The topological polar surface area (TPSA) is 148 Å². The van der Waals surface area contributed by atoms with Crippen LogP contribution in [0.4, 0.5) is 32.0 Å². The number of carbonyl (C=O) groups is 1. The second-order valence-corrected chi connectivity index (χ2v) is 8.27. The van der Waals surface area contributed by atoms with E-state index in [1.165, 1.54) is 0 Å². The molecule has 2 rings (SSSR count). The number of hydrogen-bond acceptors (Lipinski definition) is 6. The zero-order valence-corrected chi connectivity index (χ0v) is 19.5. The van der Waals surface area contributed by atoms with E-state index in [-0.39, 0.29) is 36.4 Å². The number of hydrogen-bond donors (Lipinski definition) is 6. The van der Waals surface area contributed by atoms with Crippen LogP contribution < -0.4 is 15.2 Å². The highest BCUT2D eigenvalue weighted by Gasteiger charge is 2.37. The van der Waals surface area contributed by atoms with E-state index in [1.54, 1.807) is 5.32 Å². The van der Waals surface area contributed by atoms with Gasteiger partial charge in [-0.3, -0.25) is 14.6 Å². The fourth-order valence-corrected chi connectivity index (χ4v) is 2.98. The van der Waals surface area contributed by atoms with Gasteiger partial charge in [-0.05, 0) is 36.4 Å². The first-order valence-corrected chi connectivity index (χ1v) is 11.5. The summed E-state index contributed by atoms with van der Waals surface area (Å²) < 4.78 is 92.6. The molecule has 0 bridgehead atoms. The fraction of sp³-hybridized carbons (Fsp3) is 0.316. The molecule has 0 heterocycles. The van der Waals surface area contributed by atoms with Crippen molar-refractivity contribution in [2.45, 2.75) is 12.4 Å². The summed E-state index contributed by atoms with van der Waals surface area (Å²) in [6.45, 7) is 1.42. The fourth-order valence-electron chi connectivity index (χ4n) is 2.40. The first kappa shape index (κ1) is 31.6. The van der Waals surface area contributed by atoms with E-state index in [4.69, 9.17) is 31.6 Å². The second kappa shape index (κ2) is 13.2. The van der Waals surface area contributed by atoms with Crippen molar-refractivity contribution in [2.75, 3.05) is 31.6 Å². The Kier molecular flexibility index (Phi) is 11.6. The third-order valence-corrected chi connectivity index (χ3v) is 4.50. The van der Waals surface area contributed by atoms with Gasteiger partial charge in [0, 0.05) is 23.8 Å². The molecule has 36 heavy (non-hydrogen) atoms. The highest BCUT2D eigenvalue weighted by Crippen LogP contribution is 2.41. The molecule has 2 aromatic carbocycles. The lowest BCUT2D eigenvalue weighted by atomic mass is 10.1. The quantitative estimate of drug-likeness (QED) is 0.161. The van der Waals surface area contributed by atoms with Gasteiger partial charge >= 0.3 is 20.2 Å². The van der Waals surface area contributed by atoms with Gasteiger partial charge in [-0.2, -0.15) is 26.3 Å². The number of carbonyl (C=O) groups excluding carboxylic acids is 1. The summed E-state index contributed by atoms with van der Waals surface area (Å²) in [4.78, 5) is 30.1. The zero-order valence-electron chi connectivity index (χ0n) is 17.9. The highest BCUT2D eigenvalue weighted by molar-refractivity contribution is 7.46. The van der Waals surface area contributed by atoms with Crippen molar-refractivity contribution < 1.29 is 60.2 Å². The van der Waals surface area contributed by atoms with Crippen LogP contribution in [-0.4, -0.2) is 52.2 Å². The molecule has 0 radical (unpaired) electrons. The highest BCUT2D eigenvalue weighted by atomic mass is 35.5. The monoisotopic (exact) mass is 568 g/mol. The molecule has 2 aromatic rings. The van der Waals surface area contributed by atoms with Crippen molar-refractivity contribution in [1.82, 2.24) is 5.32 Å². The van der Waals surface area contributed by atoms with Crippen LogP contribution in [0.5, 0.6) is 5.75 Å². The Balaban J connectivity index is 0.000000809. The SMILES string of the molecule is O=C(Nc1cc(C(F)(F)F)cc(C(F)(F)F)c1)c1cc(Cl)ccc1OP(=O)(O)O.OCCNCCO. The Hall–Kier alpha value is -2.39. The zero-order chi connectivity index (χ0) is 27.7. The number of phosphoric ester groups is 1. The summed E-state index contributed by atoms with van der Waals surface area (Å²) in [6, 6.07) is 3.25. The average molecular weight is 569 g/mol. The van der Waals surface area contributed by atoms with Crippen LogP contribution in [0.25, 0.3) is 0 Å². The molecule has 9 nitrogen and oxygen atoms in total. The minimum Gasteiger partial charge on any atom is -0.403 e. The molecule has 0 saturated heterocycles. The van der Waals surface area contributed by atoms with Gasteiger partial charge < -0.3 is 25.4 Å². The summed E-state index contributed by atoms with van der Waals surface area (Å²) in [5.41, 5.74) is -4.83. The van der Waals surface area contributed by atoms with E-state index in [0.717, 1.165) is 18.2 Å². The van der Waals surface area contributed by atoms with Crippen LogP contribution in [0.3, 0.4) is 0 Å². The predicted octanol–water partition coefficient (Wildman–Crippen LogP) is 3.66. The molecule has 1 amide bonds. The van der Waals surface area contributed by atoms with Crippen LogP contribution in [0.1, 0.15) is 21.5 Å². The van der Waals surface area contributed by atoms with Gasteiger partial charge in [0.1, 0.15) is 5.75 Å². The lowest BCUT2D eigenvalue weighted by Gasteiger charge is -2.16. The Bertz CT molecular complexity index is 1040. The summed E-state index contributed by atoms with van der Waals surface area (Å²) in [6.07, 6.45) is -10.3. The minimum absolute atomic E-state index is 0.117. The molecule has 0 aliphatic heterocycles. The van der Waals surface area contributed by atoms with Gasteiger partial charge in [0.25, 0.3) is 5.91 Å². The second-order valence-electron chi connectivity index (χ2n) is 6.67. The number of alkyl halides is 6. The van der Waals surface area contributed by atoms with Crippen LogP contribution in [-0.2, 0) is 16.9 Å². The molecule has 0 aliphatic carbocycles. The van der Waals surface area contributed by atoms with E-state index < -0.39 is 54.2 Å². The summed E-state index contributed by atoms with van der Waals surface area (Å²) >= 11 is 5.68. The summed E-state index contributed by atoms with van der Waals surface area (Å²) in [5.74, 6) is -2.01. The number of phosphoric acid groups is 1. The first-order chi connectivity index (χ1) is 16.5. The van der Waals surface area contributed by atoms with Crippen LogP contribution in [0.15, 0.2) is 36.4 Å². The van der Waals surface area contributed by atoms with Crippen LogP contribution in [0.2, 0.25) is 5.02 Å². The number of rotatable bonds is 8. The summed E-state index contributed by atoms with van der Waals surface area (Å²) in [5, 5.41) is 20.8. The predicted molar refractivity (Wildman–Crippen MR) is 116 cm³/mol. The van der Waals surface area contributed by atoms with Crippen molar-refractivity contribution in [3.8, 4) is 5.75 Å². The lowest BCUT2D eigenvalue weighted by molar-refractivity contribution is -0.143. The maximum atomic E-state index is 12.9. The molecule has 0 fully saturated rings. The molecule has 0 atom stereocenters. The Morgan fingerprint density at radius 2 is 1.42 bits per heavy atom. The van der Waals surface area contributed by atoms with E-state index in [1.807, 2.05) is 0 Å². The molecule has 0 saturated carbocycles. The number of nitrogens with one attached hydrogen (secondary N) is 2. The van der Waals surface area contributed by atoms with Crippen LogP contribution in [0, 0.1) is 0 Å². The van der Waals surface area contributed by atoms with Crippen molar-refractivity contribution in [2.24, 2.45) is 0 Å². The molecule has 0 aromatic heterocycles. The molecule has 0 spiro atoms. The molecule has 6 N–H and O–H groups in total. The number of halogens is 7. The molecule has 17 heteroatoms. The van der Waals surface area contributed by atoms with Gasteiger partial charge in [-0.15, -0.1) is 0 Å². The summed E-state index contributed by atoms with van der Waals surface area (Å²) in [7, 11) is -5.13. The minimum atomic E-state index is -5.13. The number of aliphatic hydroxyl groups excluding tert-OH is 2. The van der Waals surface area contributed by atoms with Gasteiger partial charge in [-0.1, -0.05) is 11.6 Å².